The van der Waals surface area contributed by atoms with E-state index < -0.39 is 12.0 Å². The van der Waals surface area contributed by atoms with Crippen LogP contribution in [0.5, 0.6) is 0 Å². The largest absolute Gasteiger partial charge is 0.480 e. The summed E-state index contributed by atoms with van der Waals surface area (Å²) >= 11 is 0. The van der Waals surface area contributed by atoms with Crippen LogP contribution in [0.15, 0.2) is 24.5 Å². The van der Waals surface area contributed by atoms with E-state index in [1.165, 1.54) is 7.11 Å². The third-order valence-electron chi connectivity index (χ3n) is 2.21. The molecule has 2 N–H and O–H groups in total. The molecule has 17 heavy (non-hydrogen) atoms. The molecule has 90 valence electrons. The number of methoxy groups -OCH3 is 1. The molecule has 0 saturated heterocycles. The highest BCUT2D eigenvalue weighted by molar-refractivity contribution is 5.77. The van der Waals surface area contributed by atoms with Gasteiger partial charge in [0, 0.05) is 19.4 Å². The number of hydrogen-bond acceptors (Lipinski definition) is 5. The Labute approximate surface area is 97.0 Å². The van der Waals surface area contributed by atoms with E-state index in [9.17, 15) is 4.79 Å². The van der Waals surface area contributed by atoms with E-state index >= 15 is 0 Å². The van der Waals surface area contributed by atoms with Crippen LogP contribution in [0, 0.1) is 0 Å². The van der Waals surface area contributed by atoms with Crippen molar-refractivity contribution in [3.05, 3.63) is 24.5 Å². The zero-order chi connectivity index (χ0) is 12.3. The molecule has 7 nitrogen and oxygen atoms in total. The maximum atomic E-state index is 10.9. The predicted molar refractivity (Wildman–Crippen MR) is 59.9 cm³/mol. The molecule has 0 bridgehead atoms. The first-order valence-corrected chi connectivity index (χ1v) is 4.99. The highest BCUT2D eigenvalue weighted by Crippen LogP contribution is 2.07. The van der Waals surface area contributed by atoms with Gasteiger partial charge in [-0.05, 0) is 6.07 Å². The van der Waals surface area contributed by atoms with Crippen LogP contribution >= 0.6 is 0 Å². The van der Waals surface area contributed by atoms with Crippen molar-refractivity contribution >= 4 is 17.4 Å². The van der Waals surface area contributed by atoms with Crippen LogP contribution in [0.1, 0.15) is 0 Å². The SMILES string of the molecule is COCC(Nc1ccn2nccc2n1)C(=O)O. The van der Waals surface area contributed by atoms with Gasteiger partial charge in [0.2, 0.25) is 0 Å². The number of aromatic nitrogens is 3. The number of ether oxygens (including phenoxy) is 1. The van der Waals surface area contributed by atoms with Gasteiger partial charge in [0.15, 0.2) is 5.65 Å². The molecule has 0 radical (unpaired) electrons. The smallest absolute Gasteiger partial charge is 0.328 e. The van der Waals surface area contributed by atoms with Crippen LogP contribution in [-0.2, 0) is 9.53 Å². The van der Waals surface area contributed by atoms with E-state index in [1.807, 2.05) is 0 Å². The summed E-state index contributed by atoms with van der Waals surface area (Å²) in [5.74, 6) is -0.510. The fourth-order valence-corrected chi connectivity index (χ4v) is 1.41. The van der Waals surface area contributed by atoms with E-state index in [1.54, 1.807) is 29.0 Å². The fraction of sp³-hybridized carbons (Fsp3) is 0.300. The first kappa shape index (κ1) is 11.3. The number of fused-ring (bicyclic) bond motifs is 1. The number of aliphatic carboxylic acids is 1. The van der Waals surface area contributed by atoms with Crippen molar-refractivity contribution in [2.75, 3.05) is 19.0 Å². The molecule has 2 aromatic rings. The molecule has 0 fully saturated rings. The average Bonchev–Trinajstić information content (AvgIpc) is 2.75. The first-order chi connectivity index (χ1) is 8.20. The number of nitrogens with zero attached hydrogens (tertiary/aromatic N) is 3. The van der Waals surface area contributed by atoms with Gasteiger partial charge >= 0.3 is 5.97 Å². The Bertz CT molecular complexity index is 525. The van der Waals surface area contributed by atoms with Crippen LogP contribution in [0.25, 0.3) is 5.65 Å². The van der Waals surface area contributed by atoms with Gasteiger partial charge < -0.3 is 15.2 Å². The topological polar surface area (TPSA) is 88.8 Å². The van der Waals surface area contributed by atoms with Crippen LogP contribution in [0.2, 0.25) is 0 Å². The molecular weight excluding hydrogens is 224 g/mol. The Kier molecular flexibility index (Phi) is 3.20. The minimum Gasteiger partial charge on any atom is -0.480 e. The lowest BCUT2D eigenvalue weighted by Crippen LogP contribution is -2.33. The summed E-state index contributed by atoms with van der Waals surface area (Å²) in [6.07, 6.45) is 3.33. The third-order valence-corrected chi connectivity index (χ3v) is 2.21. The van der Waals surface area contributed by atoms with Gasteiger partial charge in [0.25, 0.3) is 0 Å². The standard InChI is InChI=1S/C10H12N4O3/c1-17-6-7(10(15)16)12-8-3-5-14-9(13-8)2-4-11-14/h2-5,7H,6H2,1H3,(H,12,13)(H,15,16). The molecule has 7 heteroatoms. The summed E-state index contributed by atoms with van der Waals surface area (Å²) in [4.78, 5) is 15.1. The Morgan fingerprint density at radius 1 is 1.65 bits per heavy atom. The lowest BCUT2D eigenvalue weighted by atomic mass is 10.3. The van der Waals surface area contributed by atoms with Crippen molar-refractivity contribution in [1.29, 1.82) is 0 Å². The summed E-state index contributed by atoms with van der Waals surface area (Å²) in [6, 6.07) is 2.57. The van der Waals surface area contributed by atoms with E-state index in [2.05, 4.69) is 15.4 Å². The van der Waals surface area contributed by atoms with Crippen molar-refractivity contribution in [2.45, 2.75) is 6.04 Å². The molecule has 0 aliphatic carbocycles. The maximum Gasteiger partial charge on any atom is 0.328 e. The molecule has 0 amide bonds. The molecule has 2 aromatic heterocycles. The molecule has 0 saturated carbocycles. The quantitative estimate of drug-likeness (QED) is 0.773. The highest BCUT2D eigenvalue weighted by Gasteiger charge is 2.17. The Morgan fingerprint density at radius 3 is 3.18 bits per heavy atom. The van der Waals surface area contributed by atoms with Crippen molar-refractivity contribution in [3.63, 3.8) is 0 Å². The van der Waals surface area contributed by atoms with Crippen molar-refractivity contribution in [2.24, 2.45) is 0 Å². The molecule has 0 aliphatic heterocycles. The predicted octanol–water partition coefficient (Wildman–Crippen LogP) is 0.241. The number of hydrogen-bond donors (Lipinski definition) is 2. The number of nitrogens with one attached hydrogen (secondary N) is 1. The lowest BCUT2D eigenvalue weighted by molar-refractivity contribution is -0.139. The average molecular weight is 236 g/mol. The van der Waals surface area contributed by atoms with Gasteiger partial charge in [0.1, 0.15) is 11.9 Å². The maximum absolute atomic E-state index is 10.9. The van der Waals surface area contributed by atoms with Crippen molar-refractivity contribution in [3.8, 4) is 0 Å². The van der Waals surface area contributed by atoms with Gasteiger partial charge in [-0.2, -0.15) is 5.10 Å². The van der Waals surface area contributed by atoms with Crippen LogP contribution in [-0.4, -0.2) is 45.4 Å². The summed E-state index contributed by atoms with van der Waals surface area (Å²) < 4.78 is 6.42. The molecule has 0 aliphatic rings. The van der Waals surface area contributed by atoms with E-state index in [0.29, 0.717) is 11.5 Å². The van der Waals surface area contributed by atoms with Gasteiger partial charge in [-0.1, -0.05) is 0 Å². The normalized spacial score (nSPS) is 12.5. The molecule has 0 aromatic carbocycles. The number of rotatable bonds is 5. The second-order valence-electron chi connectivity index (χ2n) is 3.44. The summed E-state index contributed by atoms with van der Waals surface area (Å²) in [7, 11) is 1.45. The van der Waals surface area contributed by atoms with Crippen molar-refractivity contribution < 1.29 is 14.6 Å². The van der Waals surface area contributed by atoms with Crippen LogP contribution in [0.4, 0.5) is 5.82 Å². The van der Waals surface area contributed by atoms with Crippen LogP contribution < -0.4 is 5.32 Å². The summed E-state index contributed by atoms with van der Waals surface area (Å²) in [5.41, 5.74) is 0.650. The minimum atomic E-state index is -0.984. The number of anilines is 1. The van der Waals surface area contributed by atoms with E-state index in [4.69, 9.17) is 9.84 Å². The summed E-state index contributed by atoms with van der Waals surface area (Å²) in [6.45, 7) is 0.0709. The minimum absolute atomic E-state index is 0.0709. The van der Waals surface area contributed by atoms with Gasteiger partial charge in [-0.3, -0.25) is 0 Å². The number of carbonyl (C=O) groups is 1. The molecule has 1 atom stereocenters. The Hall–Kier alpha value is -2.15. The zero-order valence-corrected chi connectivity index (χ0v) is 9.20. The first-order valence-electron chi connectivity index (χ1n) is 4.99. The highest BCUT2D eigenvalue weighted by atomic mass is 16.5. The molecule has 0 spiro atoms. The summed E-state index contributed by atoms with van der Waals surface area (Å²) in [5, 5.41) is 15.7. The van der Waals surface area contributed by atoms with Gasteiger partial charge in [0.05, 0.1) is 12.8 Å². The van der Waals surface area contributed by atoms with Gasteiger partial charge in [-0.15, -0.1) is 0 Å². The van der Waals surface area contributed by atoms with E-state index in [-0.39, 0.29) is 6.61 Å². The lowest BCUT2D eigenvalue weighted by Gasteiger charge is -2.13. The monoisotopic (exact) mass is 236 g/mol. The zero-order valence-electron chi connectivity index (χ0n) is 9.20. The van der Waals surface area contributed by atoms with Gasteiger partial charge in [-0.25, -0.2) is 14.3 Å². The second kappa shape index (κ2) is 4.79. The third kappa shape index (κ3) is 2.51. The molecular formula is C10H12N4O3. The van der Waals surface area contributed by atoms with E-state index in [0.717, 1.165) is 0 Å². The van der Waals surface area contributed by atoms with Crippen LogP contribution in [0.3, 0.4) is 0 Å². The van der Waals surface area contributed by atoms with Crippen molar-refractivity contribution in [1.82, 2.24) is 14.6 Å². The molecule has 2 rings (SSSR count). The Morgan fingerprint density at radius 2 is 2.47 bits per heavy atom. The number of carboxylic acid groups (broad SMARTS) is 1. The molecule has 2 heterocycles. The molecule has 1 unspecified atom stereocenters. The second-order valence-corrected chi connectivity index (χ2v) is 3.44. The fourth-order valence-electron chi connectivity index (χ4n) is 1.41. The Balaban J connectivity index is 2.18. The number of carboxylic acids is 1.